The Morgan fingerprint density at radius 2 is 2.14 bits per heavy atom. The number of primary amides is 1. The van der Waals surface area contributed by atoms with E-state index in [1.165, 1.54) is 7.11 Å². The van der Waals surface area contributed by atoms with Gasteiger partial charge in [-0.2, -0.15) is 4.37 Å². The summed E-state index contributed by atoms with van der Waals surface area (Å²) in [6.45, 7) is 1.85. The second-order valence-corrected chi connectivity index (χ2v) is 5.70. The van der Waals surface area contributed by atoms with Gasteiger partial charge in [0.1, 0.15) is 10.6 Å². The Bertz CT molecular complexity index is 525. The van der Waals surface area contributed by atoms with Crippen molar-refractivity contribution in [3.8, 4) is 0 Å². The average molecular weight is 313 g/mol. The van der Waals surface area contributed by atoms with Crippen molar-refractivity contribution in [2.75, 3.05) is 37.8 Å². The number of carbonyl (C=O) groups is 2. The fraction of sp³-hybridized carbons (Fsp3) is 0.583. The van der Waals surface area contributed by atoms with Crippen molar-refractivity contribution >= 4 is 34.2 Å². The highest BCUT2D eigenvalue weighted by atomic mass is 32.1. The van der Waals surface area contributed by atoms with Crippen molar-refractivity contribution in [1.82, 2.24) is 9.27 Å². The van der Waals surface area contributed by atoms with E-state index in [9.17, 15) is 9.59 Å². The van der Waals surface area contributed by atoms with E-state index >= 15 is 0 Å². The van der Waals surface area contributed by atoms with Crippen molar-refractivity contribution in [2.24, 2.45) is 5.73 Å². The number of rotatable bonds is 5. The Kier molecular flexibility index (Phi) is 4.97. The van der Waals surface area contributed by atoms with E-state index in [-0.39, 0.29) is 24.3 Å². The van der Waals surface area contributed by atoms with Crippen molar-refractivity contribution in [2.45, 2.75) is 18.9 Å². The fourth-order valence-electron chi connectivity index (χ4n) is 2.34. The second kappa shape index (κ2) is 6.72. The molecule has 0 unspecified atom stereocenters. The minimum Gasteiger partial charge on any atom is -0.465 e. The monoisotopic (exact) mass is 313 g/mol. The minimum atomic E-state index is -0.491. The largest absolute Gasteiger partial charge is 0.465 e. The number of amides is 1. The Labute approximate surface area is 126 Å². The normalized spacial score (nSPS) is 16.6. The number of nitrogens with two attached hydrogens (primary N) is 2. The zero-order chi connectivity index (χ0) is 15.4. The lowest BCUT2D eigenvalue weighted by Crippen LogP contribution is -2.43. The van der Waals surface area contributed by atoms with Crippen molar-refractivity contribution in [3.63, 3.8) is 0 Å². The van der Waals surface area contributed by atoms with Crippen LogP contribution in [-0.4, -0.2) is 53.9 Å². The van der Waals surface area contributed by atoms with Gasteiger partial charge >= 0.3 is 5.97 Å². The number of hydrogen-bond acceptors (Lipinski definition) is 8. The summed E-state index contributed by atoms with van der Waals surface area (Å²) in [5.41, 5.74) is 11.2. The van der Waals surface area contributed by atoms with Crippen LogP contribution in [0.5, 0.6) is 0 Å². The number of nitrogen functional groups attached to an aromatic ring is 1. The highest BCUT2D eigenvalue weighted by Gasteiger charge is 2.25. The number of piperidine rings is 1. The van der Waals surface area contributed by atoms with E-state index in [1.807, 2.05) is 4.90 Å². The number of ether oxygens (including phenoxy) is 1. The van der Waals surface area contributed by atoms with Gasteiger partial charge in [0, 0.05) is 19.1 Å². The number of nitrogens with zero attached hydrogens (tertiary/aromatic N) is 2. The third-order valence-electron chi connectivity index (χ3n) is 3.41. The predicted molar refractivity (Wildman–Crippen MR) is 80.1 cm³/mol. The molecule has 1 aliphatic heterocycles. The topological polar surface area (TPSA) is 124 Å². The Hall–Kier alpha value is -1.87. The smallest absolute Gasteiger partial charge is 0.344 e. The van der Waals surface area contributed by atoms with E-state index in [0.717, 1.165) is 37.5 Å². The summed E-state index contributed by atoms with van der Waals surface area (Å²) in [5.74, 6) is -0.625. The molecule has 1 aromatic rings. The molecule has 2 heterocycles. The first-order valence-electron chi connectivity index (χ1n) is 6.62. The number of carbonyl (C=O) groups excluding carboxylic acids is 2. The van der Waals surface area contributed by atoms with E-state index in [1.54, 1.807) is 0 Å². The number of likely N-dealkylation sites (tertiary alicyclic amines) is 1. The highest BCUT2D eigenvalue weighted by Crippen LogP contribution is 2.29. The predicted octanol–water partition coefficient (Wildman–Crippen LogP) is -0.126. The third kappa shape index (κ3) is 3.82. The fourth-order valence-corrected chi connectivity index (χ4v) is 3.12. The van der Waals surface area contributed by atoms with E-state index in [2.05, 4.69) is 9.69 Å². The van der Waals surface area contributed by atoms with Crippen LogP contribution in [0.2, 0.25) is 0 Å². The molecule has 0 radical (unpaired) electrons. The number of anilines is 2. The summed E-state index contributed by atoms with van der Waals surface area (Å²) >= 11 is 1.15. The van der Waals surface area contributed by atoms with Crippen LogP contribution in [0.15, 0.2) is 0 Å². The van der Waals surface area contributed by atoms with Crippen LogP contribution in [0.3, 0.4) is 0 Å². The molecule has 0 aromatic carbocycles. The zero-order valence-corrected chi connectivity index (χ0v) is 12.6. The first-order valence-corrected chi connectivity index (χ1v) is 7.39. The van der Waals surface area contributed by atoms with Gasteiger partial charge in [0.15, 0.2) is 5.82 Å². The SMILES string of the molecule is COC(=O)c1c(N)nsc1NC1CCN(CC(N)=O)CC1. The molecular weight excluding hydrogens is 294 g/mol. The summed E-state index contributed by atoms with van der Waals surface area (Å²) in [4.78, 5) is 24.6. The van der Waals surface area contributed by atoms with Crippen molar-refractivity contribution < 1.29 is 14.3 Å². The van der Waals surface area contributed by atoms with Crippen LogP contribution in [0.25, 0.3) is 0 Å². The van der Waals surface area contributed by atoms with Gasteiger partial charge < -0.3 is 21.5 Å². The number of methoxy groups -OCH3 is 1. The van der Waals surface area contributed by atoms with Gasteiger partial charge in [-0.25, -0.2) is 4.79 Å². The van der Waals surface area contributed by atoms with Gasteiger partial charge in [0.05, 0.1) is 13.7 Å². The molecule has 116 valence electrons. The van der Waals surface area contributed by atoms with Crippen LogP contribution >= 0.6 is 11.5 Å². The summed E-state index contributed by atoms with van der Waals surface area (Å²) < 4.78 is 8.70. The number of esters is 1. The van der Waals surface area contributed by atoms with Crippen LogP contribution in [0.1, 0.15) is 23.2 Å². The lowest BCUT2D eigenvalue weighted by molar-refractivity contribution is -0.119. The summed E-state index contributed by atoms with van der Waals surface area (Å²) in [5, 5.41) is 3.92. The molecule has 5 N–H and O–H groups in total. The molecule has 1 amide bonds. The Balaban J connectivity index is 1.95. The highest BCUT2D eigenvalue weighted by molar-refractivity contribution is 7.11. The maximum atomic E-state index is 11.7. The molecule has 8 nitrogen and oxygen atoms in total. The number of aromatic nitrogens is 1. The van der Waals surface area contributed by atoms with Crippen LogP contribution in [-0.2, 0) is 9.53 Å². The standard InChI is InChI=1S/C12H19N5O3S/c1-20-12(19)9-10(14)16-21-11(9)15-7-2-4-17(5-3-7)6-8(13)18/h7,15H,2-6H2,1H3,(H2,13,18)(H2,14,16). The van der Waals surface area contributed by atoms with Crippen LogP contribution in [0, 0.1) is 0 Å². The zero-order valence-electron chi connectivity index (χ0n) is 11.8. The van der Waals surface area contributed by atoms with Crippen molar-refractivity contribution in [3.05, 3.63) is 5.56 Å². The molecule has 0 bridgehead atoms. The van der Waals surface area contributed by atoms with Crippen molar-refractivity contribution in [1.29, 1.82) is 0 Å². The lowest BCUT2D eigenvalue weighted by atomic mass is 10.0. The van der Waals surface area contributed by atoms with Crippen LogP contribution < -0.4 is 16.8 Å². The molecular formula is C12H19N5O3S. The van der Waals surface area contributed by atoms with Gasteiger partial charge in [0.25, 0.3) is 0 Å². The molecule has 1 aromatic heterocycles. The Morgan fingerprint density at radius 3 is 2.71 bits per heavy atom. The Morgan fingerprint density at radius 1 is 1.48 bits per heavy atom. The summed E-state index contributed by atoms with van der Waals surface area (Å²) in [7, 11) is 1.31. The number of hydrogen-bond donors (Lipinski definition) is 3. The van der Waals surface area contributed by atoms with E-state index < -0.39 is 5.97 Å². The molecule has 0 aliphatic carbocycles. The van der Waals surface area contributed by atoms with Crippen LogP contribution in [0.4, 0.5) is 10.8 Å². The molecule has 0 saturated carbocycles. The molecule has 9 heteroatoms. The maximum absolute atomic E-state index is 11.7. The quantitative estimate of drug-likeness (QED) is 0.647. The van der Waals surface area contributed by atoms with E-state index in [4.69, 9.17) is 16.2 Å². The molecule has 2 rings (SSSR count). The molecule has 0 atom stereocenters. The maximum Gasteiger partial charge on any atom is 0.344 e. The lowest BCUT2D eigenvalue weighted by Gasteiger charge is -2.31. The van der Waals surface area contributed by atoms with E-state index in [0.29, 0.717) is 10.6 Å². The first kappa shape index (κ1) is 15.5. The summed E-state index contributed by atoms with van der Waals surface area (Å²) in [6.07, 6.45) is 1.71. The van der Waals surface area contributed by atoms with Gasteiger partial charge in [-0.3, -0.25) is 9.69 Å². The third-order valence-corrected chi connectivity index (χ3v) is 4.20. The first-order chi connectivity index (χ1) is 10.0. The molecule has 1 aliphatic rings. The second-order valence-electron chi connectivity index (χ2n) is 4.92. The van der Waals surface area contributed by atoms with Gasteiger partial charge in [-0.05, 0) is 24.4 Å². The number of nitrogens with one attached hydrogen (secondary N) is 1. The molecule has 21 heavy (non-hydrogen) atoms. The van der Waals surface area contributed by atoms with Gasteiger partial charge in [-0.1, -0.05) is 0 Å². The molecule has 1 saturated heterocycles. The molecule has 0 spiro atoms. The van der Waals surface area contributed by atoms with Gasteiger partial charge in [-0.15, -0.1) is 0 Å². The molecule has 1 fully saturated rings. The minimum absolute atomic E-state index is 0.181. The average Bonchev–Trinajstić information content (AvgIpc) is 2.80. The summed E-state index contributed by atoms with van der Waals surface area (Å²) in [6, 6.07) is 0.206. The van der Waals surface area contributed by atoms with Gasteiger partial charge in [0.2, 0.25) is 5.91 Å².